The van der Waals surface area contributed by atoms with Crippen LogP contribution in [0.4, 0.5) is 0 Å². The zero-order valence-electron chi connectivity index (χ0n) is 9.24. The Morgan fingerprint density at radius 3 is 2.87 bits per heavy atom. The van der Waals surface area contributed by atoms with Gasteiger partial charge in [-0.1, -0.05) is 6.42 Å². The van der Waals surface area contributed by atoms with Gasteiger partial charge in [0.1, 0.15) is 5.01 Å². The van der Waals surface area contributed by atoms with E-state index in [1.807, 2.05) is 0 Å². The van der Waals surface area contributed by atoms with Crippen molar-refractivity contribution in [3.8, 4) is 0 Å². The zero-order chi connectivity index (χ0) is 10.8. The van der Waals surface area contributed by atoms with Crippen molar-refractivity contribution in [3.63, 3.8) is 0 Å². The number of rotatable bonds is 4. The molecule has 0 aromatic carbocycles. The van der Waals surface area contributed by atoms with Crippen LogP contribution < -0.4 is 0 Å². The molecule has 1 aliphatic carbocycles. The molecule has 1 heterocycles. The van der Waals surface area contributed by atoms with E-state index in [0.29, 0.717) is 11.9 Å². The van der Waals surface area contributed by atoms with Crippen molar-refractivity contribution in [3.05, 3.63) is 16.1 Å². The number of hydrogen-bond donors (Lipinski definition) is 0. The second kappa shape index (κ2) is 4.81. The summed E-state index contributed by atoms with van der Waals surface area (Å²) >= 11 is 7.48. The Morgan fingerprint density at radius 1 is 1.67 bits per heavy atom. The number of thiazole rings is 1. The number of alkyl halides is 1. The summed E-state index contributed by atoms with van der Waals surface area (Å²) in [6.07, 6.45) is 4.07. The molecule has 2 rings (SSSR count). The van der Waals surface area contributed by atoms with Gasteiger partial charge in [0.25, 0.3) is 0 Å². The summed E-state index contributed by atoms with van der Waals surface area (Å²) in [5, 5.41) is 3.26. The Morgan fingerprint density at radius 2 is 2.40 bits per heavy atom. The van der Waals surface area contributed by atoms with Crippen molar-refractivity contribution in [1.82, 2.24) is 9.88 Å². The Balaban J connectivity index is 2.02. The van der Waals surface area contributed by atoms with E-state index >= 15 is 0 Å². The van der Waals surface area contributed by atoms with Crippen LogP contribution in [0.5, 0.6) is 0 Å². The van der Waals surface area contributed by atoms with Gasteiger partial charge in [-0.05, 0) is 26.8 Å². The third kappa shape index (κ3) is 2.35. The first-order valence-corrected chi connectivity index (χ1v) is 6.86. The van der Waals surface area contributed by atoms with Crippen molar-refractivity contribution < 1.29 is 0 Å². The lowest BCUT2D eigenvalue weighted by Crippen LogP contribution is -2.38. The molecule has 1 saturated carbocycles. The van der Waals surface area contributed by atoms with Crippen LogP contribution in [0.2, 0.25) is 0 Å². The Kier molecular flexibility index (Phi) is 3.65. The summed E-state index contributed by atoms with van der Waals surface area (Å²) in [7, 11) is 2.20. The third-order valence-electron chi connectivity index (χ3n) is 3.33. The van der Waals surface area contributed by atoms with E-state index in [1.165, 1.54) is 24.3 Å². The highest BCUT2D eigenvalue weighted by molar-refractivity contribution is 7.09. The molecular weight excluding hydrogens is 228 g/mol. The fraction of sp³-hybridized carbons (Fsp3) is 0.727. The molecule has 84 valence electrons. The molecule has 0 amide bonds. The van der Waals surface area contributed by atoms with Crippen LogP contribution >= 0.6 is 22.9 Å². The lowest BCUT2D eigenvalue weighted by Gasteiger charge is -2.37. The summed E-state index contributed by atoms with van der Waals surface area (Å²) in [5.41, 5.74) is 1.01. The molecule has 15 heavy (non-hydrogen) atoms. The fourth-order valence-corrected chi connectivity index (χ4v) is 3.01. The maximum atomic E-state index is 5.76. The summed E-state index contributed by atoms with van der Waals surface area (Å²) in [6, 6.07) is 1.20. The van der Waals surface area contributed by atoms with Crippen LogP contribution in [0, 0.1) is 0 Å². The van der Waals surface area contributed by atoms with Crippen LogP contribution in [0.25, 0.3) is 0 Å². The first kappa shape index (κ1) is 11.4. The normalized spacial score (nSPS) is 19.2. The topological polar surface area (TPSA) is 16.1 Å². The minimum atomic E-state index is 0.428. The smallest absolute Gasteiger partial charge is 0.110 e. The average Bonchev–Trinajstić information content (AvgIpc) is 2.61. The predicted molar refractivity (Wildman–Crippen MR) is 65.5 cm³/mol. The molecule has 0 radical (unpaired) electrons. The van der Waals surface area contributed by atoms with E-state index in [0.717, 1.165) is 11.7 Å². The summed E-state index contributed by atoms with van der Waals surface area (Å²) in [4.78, 5) is 6.98. The lowest BCUT2D eigenvalue weighted by atomic mass is 9.91. The molecule has 1 unspecified atom stereocenters. The zero-order valence-corrected chi connectivity index (χ0v) is 10.8. The van der Waals surface area contributed by atoms with Gasteiger partial charge < -0.3 is 0 Å². The SMILES string of the molecule is CC(c1nc(CCl)cs1)N(C)C1CCC1. The molecular formula is C11H17ClN2S. The van der Waals surface area contributed by atoms with Gasteiger partial charge in [0.05, 0.1) is 17.6 Å². The van der Waals surface area contributed by atoms with E-state index in [2.05, 4.69) is 29.2 Å². The highest BCUT2D eigenvalue weighted by Crippen LogP contribution is 2.31. The van der Waals surface area contributed by atoms with E-state index in [-0.39, 0.29) is 0 Å². The molecule has 0 aliphatic heterocycles. The summed E-state index contributed by atoms with van der Waals surface area (Å²) < 4.78 is 0. The molecule has 1 aromatic heterocycles. The quantitative estimate of drug-likeness (QED) is 0.755. The molecule has 1 aromatic rings. The van der Waals surface area contributed by atoms with Gasteiger partial charge in [0.15, 0.2) is 0 Å². The van der Waals surface area contributed by atoms with Gasteiger partial charge in [-0.3, -0.25) is 4.90 Å². The van der Waals surface area contributed by atoms with Crippen LogP contribution in [-0.2, 0) is 5.88 Å². The summed E-state index contributed by atoms with van der Waals surface area (Å²) in [6.45, 7) is 2.23. The third-order valence-corrected chi connectivity index (χ3v) is 4.66. The molecule has 0 N–H and O–H groups in total. The molecule has 0 spiro atoms. The summed E-state index contributed by atoms with van der Waals surface area (Å²) in [5.74, 6) is 0.524. The molecule has 0 bridgehead atoms. The van der Waals surface area contributed by atoms with Crippen LogP contribution in [0.3, 0.4) is 0 Å². The van der Waals surface area contributed by atoms with Gasteiger partial charge in [-0.25, -0.2) is 4.98 Å². The Hall–Kier alpha value is -0.120. The predicted octanol–water partition coefficient (Wildman–Crippen LogP) is 3.43. The Bertz CT molecular complexity index is 322. The van der Waals surface area contributed by atoms with Crippen molar-refractivity contribution in [1.29, 1.82) is 0 Å². The molecule has 2 nitrogen and oxygen atoms in total. The highest BCUT2D eigenvalue weighted by Gasteiger charge is 2.27. The van der Waals surface area contributed by atoms with Gasteiger partial charge in [-0.2, -0.15) is 0 Å². The molecule has 0 saturated heterocycles. The van der Waals surface area contributed by atoms with Gasteiger partial charge in [0, 0.05) is 11.4 Å². The highest BCUT2D eigenvalue weighted by atomic mass is 35.5. The van der Waals surface area contributed by atoms with E-state index < -0.39 is 0 Å². The van der Waals surface area contributed by atoms with E-state index in [4.69, 9.17) is 11.6 Å². The number of nitrogens with zero attached hydrogens (tertiary/aromatic N) is 2. The fourth-order valence-electron chi connectivity index (χ4n) is 1.86. The van der Waals surface area contributed by atoms with Crippen LogP contribution in [0.15, 0.2) is 5.38 Å². The maximum absolute atomic E-state index is 5.76. The standard InChI is InChI=1S/C11H17ClN2S/c1-8(14(2)10-4-3-5-10)11-13-9(6-12)7-15-11/h7-8,10H,3-6H2,1-2H3. The first-order valence-electron chi connectivity index (χ1n) is 5.44. The van der Waals surface area contributed by atoms with E-state index in [1.54, 1.807) is 11.3 Å². The van der Waals surface area contributed by atoms with Gasteiger partial charge in [0.2, 0.25) is 0 Å². The average molecular weight is 245 g/mol. The molecule has 4 heteroatoms. The van der Waals surface area contributed by atoms with Gasteiger partial charge in [-0.15, -0.1) is 22.9 Å². The van der Waals surface area contributed by atoms with Crippen LogP contribution in [0.1, 0.15) is 42.9 Å². The largest absolute Gasteiger partial charge is 0.294 e. The van der Waals surface area contributed by atoms with Crippen molar-refractivity contribution in [2.45, 2.75) is 44.1 Å². The molecule has 1 aliphatic rings. The van der Waals surface area contributed by atoms with Gasteiger partial charge >= 0.3 is 0 Å². The van der Waals surface area contributed by atoms with Crippen LogP contribution in [-0.4, -0.2) is 23.0 Å². The van der Waals surface area contributed by atoms with Crippen molar-refractivity contribution in [2.75, 3.05) is 7.05 Å². The number of hydrogen-bond acceptors (Lipinski definition) is 3. The lowest BCUT2D eigenvalue weighted by molar-refractivity contribution is 0.118. The second-order valence-electron chi connectivity index (χ2n) is 4.24. The maximum Gasteiger partial charge on any atom is 0.110 e. The number of aromatic nitrogens is 1. The minimum Gasteiger partial charge on any atom is -0.294 e. The van der Waals surface area contributed by atoms with E-state index in [9.17, 15) is 0 Å². The van der Waals surface area contributed by atoms with Crippen molar-refractivity contribution >= 4 is 22.9 Å². The molecule has 1 fully saturated rings. The number of halogens is 1. The monoisotopic (exact) mass is 244 g/mol. The second-order valence-corrected chi connectivity index (χ2v) is 5.39. The Labute approximate surface area is 100 Å². The first-order chi connectivity index (χ1) is 7.22. The minimum absolute atomic E-state index is 0.428. The van der Waals surface area contributed by atoms with Crippen molar-refractivity contribution in [2.24, 2.45) is 0 Å². The molecule has 1 atom stereocenters.